The molecule has 1 saturated heterocycles. The smallest absolute Gasteiger partial charge is 0.329 e. The Kier molecular flexibility index (Phi) is 5.51. The number of nitrogens with one attached hydrogen (secondary N) is 1. The molecule has 2 aromatic carbocycles. The highest BCUT2D eigenvalue weighted by Crippen LogP contribution is 2.17. The number of fused-ring (bicyclic) bond motifs is 1. The lowest BCUT2D eigenvalue weighted by Crippen LogP contribution is -2.48. The van der Waals surface area contributed by atoms with Crippen molar-refractivity contribution in [3.8, 4) is 0 Å². The van der Waals surface area contributed by atoms with Crippen molar-refractivity contribution in [3.05, 3.63) is 80.2 Å². The molecule has 8 nitrogen and oxygen atoms in total. The number of para-hydroxylation sites is 1. The van der Waals surface area contributed by atoms with Crippen LogP contribution in [0.4, 0.5) is 4.39 Å². The number of halogens is 1. The molecule has 0 radical (unpaired) electrons. The lowest BCUT2D eigenvalue weighted by atomic mass is 10.1. The summed E-state index contributed by atoms with van der Waals surface area (Å²) in [6, 6.07) is 11.0. The molecule has 0 spiro atoms. The molecule has 0 unspecified atom stereocenters. The number of benzene rings is 2. The van der Waals surface area contributed by atoms with Crippen LogP contribution in [0.5, 0.6) is 0 Å². The zero-order chi connectivity index (χ0) is 21.3. The van der Waals surface area contributed by atoms with E-state index in [2.05, 4.69) is 4.98 Å². The molecule has 4 rings (SSSR count). The summed E-state index contributed by atoms with van der Waals surface area (Å²) in [5.41, 5.74) is -0.0162. The van der Waals surface area contributed by atoms with Crippen LogP contribution in [0.25, 0.3) is 10.9 Å². The second kappa shape index (κ2) is 8.25. The summed E-state index contributed by atoms with van der Waals surface area (Å²) in [5, 5.41) is 2.12. The van der Waals surface area contributed by atoms with Crippen LogP contribution in [0.1, 0.15) is 15.9 Å². The fourth-order valence-electron chi connectivity index (χ4n) is 3.66. The van der Waals surface area contributed by atoms with Gasteiger partial charge in [-0.1, -0.05) is 18.2 Å². The number of rotatable bonds is 4. The molecule has 0 aliphatic carbocycles. The van der Waals surface area contributed by atoms with Crippen LogP contribution in [0.15, 0.2) is 52.1 Å². The first-order valence-corrected chi connectivity index (χ1v) is 9.56. The molecule has 2 heterocycles. The maximum atomic E-state index is 14.4. The third-order valence-electron chi connectivity index (χ3n) is 5.29. The Balaban J connectivity index is 1.65. The predicted octanol–water partition coefficient (Wildman–Crippen LogP) is 0.115. The van der Waals surface area contributed by atoms with E-state index < -0.39 is 23.0 Å². The van der Waals surface area contributed by atoms with Gasteiger partial charge < -0.3 is 9.65 Å². The maximum absolute atomic E-state index is 14.4. The molecule has 30 heavy (non-hydrogen) atoms. The molecule has 154 valence electrons. The van der Waals surface area contributed by atoms with E-state index in [1.165, 1.54) is 22.8 Å². The van der Waals surface area contributed by atoms with Crippen LogP contribution in [0, 0.1) is 5.82 Å². The van der Waals surface area contributed by atoms with Crippen LogP contribution < -0.4 is 11.2 Å². The second-order valence-corrected chi connectivity index (χ2v) is 7.08. The van der Waals surface area contributed by atoms with Crippen molar-refractivity contribution in [2.24, 2.45) is 0 Å². The number of hydrogen-bond donors (Lipinski definition) is 1. The van der Waals surface area contributed by atoms with Gasteiger partial charge >= 0.3 is 5.69 Å². The molecule has 1 fully saturated rings. The minimum absolute atomic E-state index is 0.0415. The number of amides is 1. The van der Waals surface area contributed by atoms with E-state index in [0.717, 1.165) is 0 Å². The quantitative estimate of drug-likeness (QED) is 0.618. The topological polar surface area (TPSA) is 87.6 Å². The van der Waals surface area contributed by atoms with Crippen molar-refractivity contribution in [2.45, 2.75) is 6.54 Å². The summed E-state index contributed by atoms with van der Waals surface area (Å²) >= 11 is 0. The van der Waals surface area contributed by atoms with Gasteiger partial charge in [-0.2, -0.15) is 0 Å². The molecule has 3 aromatic rings. The van der Waals surface area contributed by atoms with E-state index in [9.17, 15) is 18.8 Å². The lowest BCUT2D eigenvalue weighted by Gasteiger charge is -2.33. The van der Waals surface area contributed by atoms with Crippen LogP contribution >= 0.6 is 0 Å². The normalized spacial score (nSPS) is 14.9. The molecule has 1 aliphatic heterocycles. The molecular formula is C20H20BFN4O4. The van der Waals surface area contributed by atoms with Crippen molar-refractivity contribution in [1.82, 2.24) is 19.5 Å². The van der Waals surface area contributed by atoms with E-state index in [0.29, 0.717) is 42.6 Å². The third kappa shape index (κ3) is 3.79. The van der Waals surface area contributed by atoms with Crippen LogP contribution in [0.2, 0.25) is 0 Å². The van der Waals surface area contributed by atoms with Crippen molar-refractivity contribution in [3.63, 3.8) is 0 Å². The minimum Gasteiger partial charge on any atom is -0.370 e. The van der Waals surface area contributed by atoms with E-state index in [1.54, 1.807) is 42.3 Å². The molecule has 1 amide bonds. The Morgan fingerprint density at radius 1 is 1.10 bits per heavy atom. The summed E-state index contributed by atoms with van der Waals surface area (Å²) in [4.78, 5) is 41.2. The van der Waals surface area contributed by atoms with Gasteiger partial charge in [0.15, 0.2) is 0 Å². The number of carbonyl (C=O) groups is 1. The highest BCUT2D eigenvalue weighted by Gasteiger charge is 2.24. The first-order valence-electron chi connectivity index (χ1n) is 9.56. The summed E-state index contributed by atoms with van der Waals surface area (Å²) < 4.78 is 21.0. The lowest BCUT2D eigenvalue weighted by molar-refractivity contribution is -0.0777. The fraction of sp³-hybridized carbons (Fsp3) is 0.250. The zero-order valence-electron chi connectivity index (χ0n) is 16.4. The van der Waals surface area contributed by atoms with Gasteiger partial charge in [0.2, 0.25) is 0 Å². The Morgan fingerprint density at radius 2 is 1.83 bits per heavy atom. The number of aromatic nitrogens is 2. The van der Waals surface area contributed by atoms with Crippen LogP contribution in [-0.2, 0) is 11.3 Å². The van der Waals surface area contributed by atoms with Crippen molar-refractivity contribution >= 4 is 24.9 Å². The largest absolute Gasteiger partial charge is 0.370 e. The maximum Gasteiger partial charge on any atom is 0.329 e. The van der Waals surface area contributed by atoms with Gasteiger partial charge in [-0.05, 0) is 29.8 Å². The van der Waals surface area contributed by atoms with Crippen molar-refractivity contribution in [2.75, 3.05) is 26.2 Å². The monoisotopic (exact) mass is 410 g/mol. The van der Waals surface area contributed by atoms with Crippen LogP contribution in [-0.4, -0.2) is 59.6 Å². The van der Waals surface area contributed by atoms with Gasteiger partial charge in [0.1, 0.15) is 5.82 Å². The second-order valence-electron chi connectivity index (χ2n) is 7.08. The number of hydroxylamine groups is 2. The predicted molar refractivity (Wildman–Crippen MR) is 111 cm³/mol. The Labute approximate surface area is 171 Å². The van der Waals surface area contributed by atoms with E-state index in [-0.39, 0.29) is 12.1 Å². The van der Waals surface area contributed by atoms with Crippen molar-refractivity contribution in [1.29, 1.82) is 0 Å². The van der Waals surface area contributed by atoms with Gasteiger partial charge in [0.05, 0.1) is 23.0 Å². The van der Waals surface area contributed by atoms with Crippen LogP contribution in [0.3, 0.4) is 0 Å². The van der Waals surface area contributed by atoms with Crippen molar-refractivity contribution < 1.29 is 13.9 Å². The highest BCUT2D eigenvalue weighted by atomic mass is 19.1. The summed E-state index contributed by atoms with van der Waals surface area (Å²) in [5.74, 6) is -1.01. The number of carbonyl (C=O) groups excluding carboxylic acids is 1. The standard InChI is InChI=1S/C20H20BFN4O4/c21-30-25-9-7-24(8-10-25)19(28)15-11-13(5-6-16(15)22)12-26-17-4-2-1-3-14(17)18(27)23-20(26)29/h1-6,11H,7-10,12,21H2,(H,23,27,29). The molecule has 0 saturated carbocycles. The van der Waals surface area contributed by atoms with Gasteiger partial charge in [-0.15, -0.1) is 0 Å². The molecule has 0 bridgehead atoms. The number of H-pyrrole nitrogens is 1. The number of nitrogens with zero attached hydrogens (tertiary/aromatic N) is 3. The summed E-state index contributed by atoms with van der Waals surface area (Å²) in [6.45, 7) is 2.04. The molecule has 1 N–H and O–H groups in total. The average Bonchev–Trinajstić information content (AvgIpc) is 2.77. The Bertz CT molecular complexity index is 1220. The number of hydrogen-bond acceptors (Lipinski definition) is 5. The minimum atomic E-state index is -0.614. The van der Waals surface area contributed by atoms with Gasteiger partial charge in [-0.3, -0.25) is 19.1 Å². The van der Waals surface area contributed by atoms with E-state index in [1.807, 2.05) is 0 Å². The van der Waals surface area contributed by atoms with Gasteiger partial charge in [0, 0.05) is 26.2 Å². The SMILES string of the molecule is BON1CCN(C(=O)c2cc(Cn3c(=O)[nH]c(=O)c4ccccc43)ccc2F)CC1. The third-order valence-corrected chi connectivity index (χ3v) is 5.29. The van der Waals surface area contributed by atoms with Gasteiger partial charge in [-0.25, -0.2) is 14.2 Å². The fourth-order valence-corrected chi connectivity index (χ4v) is 3.66. The zero-order valence-corrected chi connectivity index (χ0v) is 16.4. The average molecular weight is 410 g/mol. The first kappa shape index (κ1) is 20.1. The Morgan fingerprint density at radius 3 is 2.57 bits per heavy atom. The van der Waals surface area contributed by atoms with E-state index >= 15 is 0 Å². The number of piperazine rings is 1. The first-order chi connectivity index (χ1) is 14.5. The van der Waals surface area contributed by atoms with E-state index in [4.69, 9.17) is 4.76 Å². The summed E-state index contributed by atoms with van der Waals surface area (Å²) in [6.07, 6.45) is 0. The molecule has 0 atom stereocenters. The highest BCUT2D eigenvalue weighted by molar-refractivity contribution is 5.97. The molecule has 10 heteroatoms. The Hall–Kier alpha value is -3.24. The molecule has 1 aliphatic rings. The molecule has 1 aromatic heterocycles. The van der Waals surface area contributed by atoms with Gasteiger partial charge in [0.25, 0.3) is 19.5 Å². The summed E-state index contributed by atoms with van der Waals surface area (Å²) in [7, 11) is 1.57. The number of aromatic amines is 1. The molecular weight excluding hydrogens is 390 g/mol.